The van der Waals surface area contributed by atoms with Crippen molar-refractivity contribution in [2.75, 3.05) is 0 Å². The van der Waals surface area contributed by atoms with Crippen LogP contribution in [0.4, 0.5) is 0 Å². The normalized spacial score (nSPS) is 15.9. The summed E-state index contributed by atoms with van der Waals surface area (Å²) in [6, 6.07) is 15.4. The lowest BCUT2D eigenvalue weighted by Crippen LogP contribution is -2.32. The molecule has 1 saturated carbocycles. The van der Waals surface area contributed by atoms with Crippen LogP contribution in [0.2, 0.25) is 0 Å². The average Bonchev–Trinajstić information content (AvgIpc) is 3.66. The van der Waals surface area contributed by atoms with E-state index in [0.717, 1.165) is 39.7 Å². The fourth-order valence-electron chi connectivity index (χ4n) is 3.65. The molecular formula is C28H32BrN3O2S. The largest absolute Gasteiger partial charge is 0.382 e. The van der Waals surface area contributed by atoms with Gasteiger partial charge in [-0.15, -0.1) is 0 Å². The molecule has 1 amide bonds. The number of rotatable bonds is 10. The standard InChI is InChI=1S/C28H32BrN3O2S/c1-5-24(29)17-10-19(2)31-27(33)18-20(3)32-28(23-15-16-23)22-13-11-21(12-14-22)25-8-6-7-9-26(25)35(4,30)34/h5-14,17,20,32H,2,4,15-16,18H2,1,3H3,(H2,30,34)(H,31,33)/b17-10-,24-5+. The zero-order chi connectivity index (χ0) is 25.6. The van der Waals surface area contributed by atoms with E-state index in [1.807, 2.05) is 68.5 Å². The second-order valence-corrected chi connectivity index (χ2v) is 11.4. The van der Waals surface area contributed by atoms with Crippen LogP contribution >= 0.6 is 15.9 Å². The molecular weight excluding hydrogens is 522 g/mol. The molecule has 2 aromatic carbocycles. The van der Waals surface area contributed by atoms with E-state index in [4.69, 9.17) is 5.14 Å². The van der Waals surface area contributed by atoms with E-state index in [1.54, 1.807) is 12.1 Å². The molecule has 184 valence electrons. The van der Waals surface area contributed by atoms with Crippen molar-refractivity contribution in [1.82, 2.24) is 10.6 Å². The number of hydrogen-bond donors (Lipinski definition) is 3. The molecule has 0 saturated heterocycles. The number of amides is 1. The van der Waals surface area contributed by atoms with Gasteiger partial charge in [0.15, 0.2) is 0 Å². The van der Waals surface area contributed by atoms with Crippen molar-refractivity contribution < 1.29 is 9.00 Å². The summed E-state index contributed by atoms with van der Waals surface area (Å²) in [6.07, 6.45) is 7.91. The Bertz CT molecular complexity index is 1300. The Morgan fingerprint density at radius 2 is 1.83 bits per heavy atom. The Hall–Kier alpha value is -2.87. The Kier molecular flexibility index (Phi) is 8.94. The summed E-state index contributed by atoms with van der Waals surface area (Å²) in [5, 5.41) is 12.2. The monoisotopic (exact) mass is 553 g/mol. The van der Waals surface area contributed by atoms with Gasteiger partial charge < -0.3 is 10.6 Å². The lowest BCUT2D eigenvalue weighted by Gasteiger charge is -2.19. The van der Waals surface area contributed by atoms with Gasteiger partial charge in [0, 0.05) is 28.3 Å². The van der Waals surface area contributed by atoms with E-state index in [-0.39, 0.29) is 11.9 Å². The van der Waals surface area contributed by atoms with Crippen molar-refractivity contribution in [1.29, 1.82) is 0 Å². The van der Waals surface area contributed by atoms with Crippen LogP contribution in [0, 0.1) is 0 Å². The molecule has 2 atom stereocenters. The van der Waals surface area contributed by atoms with Crippen LogP contribution in [0.3, 0.4) is 0 Å². The topological polar surface area (TPSA) is 84.2 Å². The smallest absolute Gasteiger partial charge is 0.226 e. The second kappa shape index (κ2) is 11.7. The molecule has 0 radical (unpaired) electrons. The first-order valence-electron chi connectivity index (χ1n) is 11.4. The summed E-state index contributed by atoms with van der Waals surface area (Å²) < 4.78 is 13.3. The molecule has 35 heavy (non-hydrogen) atoms. The molecule has 2 aromatic rings. The van der Waals surface area contributed by atoms with Crippen LogP contribution in [-0.2, 0) is 14.5 Å². The van der Waals surface area contributed by atoms with Gasteiger partial charge in [0.25, 0.3) is 0 Å². The van der Waals surface area contributed by atoms with Crippen LogP contribution < -0.4 is 15.8 Å². The molecule has 1 fully saturated rings. The predicted molar refractivity (Wildman–Crippen MR) is 152 cm³/mol. The number of nitrogens with one attached hydrogen (secondary N) is 2. The minimum atomic E-state index is -2.83. The molecule has 0 spiro atoms. The zero-order valence-electron chi connectivity index (χ0n) is 20.1. The minimum absolute atomic E-state index is 0.0642. The fourth-order valence-corrected chi connectivity index (χ4v) is 4.65. The van der Waals surface area contributed by atoms with Gasteiger partial charge in [-0.1, -0.05) is 71.0 Å². The van der Waals surface area contributed by atoms with Crippen LogP contribution in [-0.4, -0.2) is 22.0 Å². The summed E-state index contributed by atoms with van der Waals surface area (Å²) in [7, 11) is -2.83. The van der Waals surface area contributed by atoms with Crippen molar-refractivity contribution in [3.05, 3.63) is 94.7 Å². The number of carbonyl (C=O) groups is 1. The summed E-state index contributed by atoms with van der Waals surface area (Å²) in [5.41, 5.74) is 5.75. The van der Waals surface area contributed by atoms with E-state index in [1.165, 1.54) is 5.57 Å². The lowest BCUT2D eigenvalue weighted by molar-refractivity contribution is -0.120. The van der Waals surface area contributed by atoms with Crippen LogP contribution in [0.5, 0.6) is 0 Å². The van der Waals surface area contributed by atoms with Gasteiger partial charge in [-0.2, -0.15) is 0 Å². The van der Waals surface area contributed by atoms with Gasteiger partial charge in [-0.3, -0.25) is 9.93 Å². The van der Waals surface area contributed by atoms with E-state index < -0.39 is 9.71 Å². The van der Waals surface area contributed by atoms with Gasteiger partial charge in [0.05, 0.1) is 14.6 Å². The molecule has 0 bridgehead atoms. The Morgan fingerprint density at radius 3 is 2.43 bits per heavy atom. The van der Waals surface area contributed by atoms with Crippen molar-refractivity contribution in [2.45, 2.75) is 44.0 Å². The third kappa shape index (κ3) is 7.82. The number of nitrogens with two attached hydrogens (primary N) is 1. The van der Waals surface area contributed by atoms with E-state index >= 15 is 0 Å². The number of allylic oxidation sites excluding steroid dienone is 5. The highest BCUT2D eigenvalue weighted by Crippen LogP contribution is 2.36. The van der Waals surface area contributed by atoms with Crippen molar-refractivity contribution >= 4 is 43.1 Å². The highest BCUT2D eigenvalue weighted by molar-refractivity contribution is 9.11. The van der Waals surface area contributed by atoms with Crippen LogP contribution in [0.1, 0.15) is 38.7 Å². The fraction of sp³-hybridized carbons (Fsp3) is 0.214. The molecule has 3 rings (SSSR count). The highest BCUT2D eigenvalue weighted by Gasteiger charge is 2.21. The van der Waals surface area contributed by atoms with Crippen LogP contribution in [0.25, 0.3) is 16.8 Å². The summed E-state index contributed by atoms with van der Waals surface area (Å²) in [6.45, 7) is 7.80. The van der Waals surface area contributed by atoms with Crippen molar-refractivity contribution in [2.24, 2.45) is 5.14 Å². The van der Waals surface area contributed by atoms with E-state index in [2.05, 4.69) is 39.0 Å². The third-order valence-electron chi connectivity index (χ3n) is 5.50. The van der Waals surface area contributed by atoms with Gasteiger partial charge in [0.2, 0.25) is 5.91 Å². The lowest BCUT2D eigenvalue weighted by atomic mass is 10.0. The number of benzene rings is 2. The average molecular weight is 555 g/mol. The SMILES string of the molecule is C=C(/C=C\C(Br)=C/C)NC(=O)CC(C)NC(=C1CC1)c1ccc(-c2ccccc2S(=C)(N)=O)cc1. The summed E-state index contributed by atoms with van der Waals surface area (Å²) in [4.78, 5) is 13.0. The first-order chi connectivity index (χ1) is 16.6. The van der Waals surface area contributed by atoms with Crippen molar-refractivity contribution in [3.8, 4) is 11.1 Å². The molecule has 1 aliphatic carbocycles. The maximum absolute atomic E-state index is 12.5. The quantitative estimate of drug-likeness (QED) is 0.262. The first kappa shape index (κ1) is 26.7. The Morgan fingerprint density at radius 1 is 1.17 bits per heavy atom. The van der Waals surface area contributed by atoms with Gasteiger partial charge >= 0.3 is 0 Å². The number of carbonyl (C=O) groups excluding carboxylic acids is 1. The third-order valence-corrected chi connectivity index (χ3v) is 7.32. The van der Waals surface area contributed by atoms with Gasteiger partial charge in [-0.25, -0.2) is 4.21 Å². The predicted octanol–water partition coefficient (Wildman–Crippen LogP) is 5.66. The highest BCUT2D eigenvalue weighted by atomic mass is 79.9. The molecule has 4 N–H and O–H groups in total. The molecule has 7 heteroatoms. The number of halogens is 1. The maximum atomic E-state index is 12.5. The van der Waals surface area contributed by atoms with Crippen molar-refractivity contribution in [3.63, 3.8) is 0 Å². The first-order valence-corrected chi connectivity index (χ1v) is 14.0. The zero-order valence-corrected chi connectivity index (χ0v) is 22.5. The molecule has 2 unspecified atom stereocenters. The molecule has 0 aliphatic heterocycles. The van der Waals surface area contributed by atoms with E-state index in [9.17, 15) is 9.00 Å². The Balaban J connectivity index is 1.69. The summed E-state index contributed by atoms with van der Waals surface area (Å²) in [5.74, 6) is 3.55. The molecule has 5 nitrogen and oxygen atoms in total. The Labute approximate surface area is 217 Å². The van der Waals surface area contributed by atoms with Gasteiger partial charge in [0.1, 0.15) is 0 Å². The minimum Gasteiger partial charge on any atom is -0.382 e. The maximum Gasteiger partial charge on any atom is 0.226 e. The molecule has 0 aromatic heterocycles. The summed E-state index contributed by atoms with van der Waals surface area (Å²) >= 11 is 3.39. The number of hydrogen-bond acceptors (Lipinski definition) is 3. The van der Waals surface area contributed by atoms with Crippen LogP contribution in [0.15, 0.2) is 94.0 Å². The molecule has 0 heterocycles. The van der Waals surface area contributed by atoms with Gasteiger partial charge in [-0.05, 0) is 73.0 Å². The molecule has 1 aliphatic rings. The second-order valence-electron chi connectivity index (χ2n) is 8.61. The van der Waals surface area contributed by atoms with E-state index in [0.29, 0.717) is 17.0 Å².